The van der Waals surface area contributed by atoms with E-state index >= 15 is 0 Å². The Bertz CT molecular complexity index is 762. The second kappa shape index (κ2) is 5.53. The number of nitrogens with zero attached hydrogens (tertiary/aromatic N) is 3. The molecule has 23 heavy (non-hydrogen) atoms. The Labute approximate surface area is 129 Å². The molecule has 0 aliphatic carbocycles. The minimum Gasteiger partial charge on any atom is -0.489 e. The van der Waals surface area contributed by atoms with Crippen molar-refractivity contribution in [1.82, 2.24) is 9.97 Å². The highest BCUT2D eigenvalue weighted by molar-refractivity contribution is 6.04. The van der Waals surface area contributed by atoms with Gasteiger partial charge in [0.15, 0.2) is 5.75 Å². The molecular weight excluding hydrogens is 311 g/mol. The molecule has 1 aliphatic rings. The van der Waals surface area contributed by atoms with Crippen molar-refractivity contribution in [1.29, 1.82) is 0 Å². The van der Waals surface area contributed by atoms with Gasteiger partial charge < -0.3 is 4.74 Å². The fraction of sp³-hybridized carbons (Fsp3) is 0.267. The van der Waals surface area contributed by atoms with E-state index in [9.17, 15) is 18.0 Å². The average Bonchev–Trinajstić information content (AvgIpc) is 2.52. The van der Waals surface area contributed by atoms with Gasteiger partial charge in [0.05, 0.1) is 17.8 Å². The molecule has 0 saturated carbocycles. The fourth-order valence-electron chi connectivity index (χ4n) is 2.36. The first-order chi connectivity index (χ1) is 10.9. The highest BCUT2D eigenvalue weighted by Crippen LogP contribution is 2.43. The summed E-state index contributed by atoms with van der Waals surface area (Å²) in [6.45, 7) is 1.80. The number of fused-ring (bicyclic) bond motifs is 1. The molecule has 0 radical (unpaired) electrons. The van der Waals surface area contributed by atoms with Crippen LogP contribution in [0.15, 0.2) is 30.5 Å². The van der Waals surface area contributed by atoms with E-state index in [1.54, 1.807) is 13.0 Å². The molecule has 1 aromatic heterocycles. The van der Waals surface area contributed by atoms with Crippen molar-refractivity contribution in [2.75, 3.05) is 18.1 Å². The number of anilines is 1. The summed E-state index contributed by atoms with van der Waals surface area (Å²) in [6.07, 6.45) is -3.12. The Kier molecular flexibility index (Phi) is 3.67. The van der Waals surface area contributed by atoms with Gasteiger partial charge in [-0.2, -0.15) is 13.2 Å². The van der Waals surface area contributed by atoms with Crippen LogP contribution in [0.5, 0.6) is 5.75 Å². The topological polar surface area (TPSA) is 55.3 Å². The molecule has 2 aromatic rings. The third kappa shape index (κ3) is 2.84. The van der Waals surface area contributed by atoms with Crippen LogP contribution < -0.4 is 9.64 Å². The van der Waals surface area contributed by atoms with Gasteiger partial charge in [-0.1, -0.05) is 6.07 Å². The quantitative estimate of drug-likeness (QED) is 0.810. The lowest BCUT2D eigenvalue weighted by atomic mass is 10.1. The second-order valence-corrected chi connectivity index (χ2v) is 4.98. The van der Waals surface area contributed by atoms with Gasteiger partial charge in [-0.05, 0) is 25.1 Å². The number of amides is 1. The van der Waals surface area contributed by atoms with Crippen LogP contribution in [0.3, 0.4) is 0 Å². The third-order valence-corrected chi connectivity index (χ3v) is 3.38. The molecule has 0 fully saturated rings. The molecule has 0 N–H and O–H groups in total. The van der Waals surface area contributed by atoms with Crippen molar-refractivity contribution in [3.63, 3.8) is 0 Å². The number of carbonyl (C=O) groups excluding carboxylic acids is 1. The summed E-state index contributed by atoms with van der Waals surface area (Å²) in [5.41, 5.74) is -0.236. The molecule has 0 bridgehead atoms. The first kappa shape index (κ1) is 15.3. The van der Waals surface area contributed by atoms with Crippen LogP contribution in [0.2, 0.25) is 0 Å². The monoisotopic (exact) mass is 323 g/mol. The molecule has 5 nitrogen and oxygen atoms in total. The van der Waals surface area contributed by atoms with Crippen LogP contribution in [0.25, 0.3) is 0 Å². The zero-order chi connectivity index (χ0) is 16.6. The number of carbonyl (C=O) groups is 1. The predicted molar refractivity (Wildman–Crippen MR) is 75.4 cm³/mol. The number of halogens is 3. The number of rotatable bonds is 1. The predicted octanol–water partition coefficient (Wildman–Crippen LogP) is 2.84. The van der Waals surface area contributed by atoms with Crippen LogP contribution in [0.4, 0.5) is 18.9 Å². The number of aromatic nitrogens is 2. The lowest BCUT2D eigenvalue weighted by Gasteiger charge is -2.30. The SMILES string of the molecule is Cc1ccnc(C(=O)N2CCOc3c2cccc3C(F)(F)F)n1. The van der Waals surface area contributed by atoms with Crippen LogP contribution in [0.1, 0.15) is 21.9 Å². The molecule has 0 spiro atoms. The van der Waals surface area contributed by atoms with Crippen molar-refractivity contribution in [3.05, 3.63) is 47.5 Å². The number of alkyl halides is 3. The van der Waals surface area contributed by atoms with Crippen molar-refractivity contribution in [3.8, 4) is 5.75 Å². The molecule has 120 valence electrons. The van der Waals surface area contributed by atoms with E-state index < -0.39 is 17.6 Å². The molecule has 2 heterocycles. The Balaban J connectivity index is 2.04. The van der Waals surface area contributed by atoms with Crippen LogP contribution >= 0.6 is 0 Å². The molecular formula is C15H12F3N3O2. The number of aryl methyl sites for hydroxylation is 1. The van der Waals surface area contributed by atoms with E-state index in [4.69, 9.17) is 4.74 Å². The normalized spacial score (nSPS) is 14.2. The van der Waals surface area contributed by atoms with Gasteiger partial charge in [-0.25, -0.2) is 9.97 Å². The maximum Gasteiger partial charge on any atom is 0.420 e. The summed E-state index contributed by atoms with van der Waals surface area (Å²) in [4.78, 5) is 21.7. The van der Waals surface area contributed by atoms with E-state index in [1.807, 2.05) is 0 Å². The Morgan fingerprint density at radius 1 is 1.30 bits per heavy atom. The largest absolute Gasteiger partial charge is 0.489 e. The van der Waals surface area contributed by atoms with Crippen LogP contribution in [-0.4, -0.2) is 29.0 Å². The summed E-state index contributed by atoms with van der Waals surface area (Å²) in [5.74, 6) is -0.958. The highest BCUT2D eigenvalue weighted by atomic mass is 19.4. The van der Waals surface area contributed by atoms with Gasteiger partial charge in [-0.15, -0.1) is 0 Å². The van der Waals surface area contributed by atoms with Gasteiger partial charge >= 0.3 is 6.18 Å². The summed E-state index contributed by atoms with van der Waals surface area (Å²) >= 11 is 0. The molecule has 3 rings (SSSR count). The maximum atomic E-state index is 13.1. The number of ether oxygens (including phenoxy) is 1. The second-order valence-electron chi connectivity index (χ2n) is 4.98. The highest BCUT2D eigenvalue weighted by Gasteiger charge is 2.38. The van der Waals surface area contributed by atoms with Crippen LogP contribution in [0, 0.1) is 6.92 Å². The molecule has 1 aromatic carbocycles. The standard InChI is InChI=1S/C15H12F3N3O2/c1-9-5-6-19-13(20-9)14(22)21-7-8-23-12-10(15(16,17)18)3-2-4-11(12)21/h2-6H,7-8H2,1H3. The third-order valence-electron chi connectivity index (χ3n) is 3.38. The number of para-hydroxylation sites is 1. The van der Waals surface area contributed by atoms with E-state index in [0.717, 1.165) is 6.07 Å². The molecule has 0 atom stereocenters. The fourth-order valence-corrected chi connectivity index (χ4v) is 2.36. The zero-order valence-corrected chi connectivity index (χ0v) is 12.1. The number of hydrogen-bond donors (Lipinski definition) is 0. The summed E-state index contributed by atoms with van der Waals surface area (Å²) < 4.78 is 44.4. The lowest BCUT2D eigenvalue weighted by molar-refractivity contribution is -0.139. The van der Waals surface area contributed by atoms with Gasteiger partial charge in [0, 0.05) is 11.9 Å². The maximum absolute atomic E-state index is 13.1. The van der Waals surface area contributed by atoms with E-state index in [-0.39, 0.29) is 30.4 Å². The summed E-state index contributed by atoms with van der Waals surface area (Å²) in [6, 6.07) is 5.22. The summed E-state index contributed by atoms with van der Waals surface area (Å²) in [5, 5.41) is 0. The zero-order valence-electron chi connectivity index (χ0n) is 12.1. The molecule has 0 unspecified atom stereocenters. The Morgan fingerprint density at radius 2 is 2.09 bits per heavy atom. The molecule has 1 amide bonds. The van der Waals surface area contributed by atoms with Crippen molar-refractivity contribution in [2.45, 2.75) is 13.1 Å². The van der Waals surface area contributed by atoms with Gasteiger partial charge in [0.25, 0.3) is 5.91 Å². The van der Waals surface area contributed by atoms with Gasteiger partial charge in [-0.3, -0.25) is 9.69 Å². The Hall–Kier alpha value is -2.64. The van der Waals surface area contributed by atoms with Crippen LogP contribution in [-0.2, 0) is 6.18 Å². The van der Waals surface area contributed by atoms with E-state index in [1.165, 1.54) is 23.2 Å². The first-order valence-electron chi connectivity index (χ1n) is 6.82. The summed E-state index contributed by atoms with van der Waals surface area (Å²) in [7, 11) is 0. The first-order valence-corrected chi connectivity index (χ1v) is 6.82. The van der Waals surface area contributed by atoms with Crippen molar-refractivity contribution < 1.29 is 22.7 Å². The van der Waals surface area contributed by atoms with E-state index in [0.29, 0.717) is 5.69 Å². The smallest absolute Gasteiger partial charge is 0.420 e. The molecule has 0 saturated heterocycles. The number of hydrogen-bond acceptors (Lipinski definition) is 4. The molecule has 1 aliphatic heterocycles. The molecule has 8 heteroatoms. The van der Waals surface area contributed by atoms with Gasteiger partial charge in [0.2, 0.25) is 5.82 Å². The Morgan fingerprint density at radius 3 is 2.78 bits per heavy atom. The van der Waals surface area contributed by atoms with Crippen molar-refractivity contribution in [2.24, 2.45) is 0 Å². The minimum absolute atomic E-state index is 0.0301. The number of benzene rings is 1. The van der Waals surface area contributed by atoms with Gasteiger partial charge in [0.1, 0.15) is 6.61 Å². The van der Waals surface area contributed by atoms with E-state index in [2.05, 4.69) is 9.97 Å². The minimum atomic E-state index is -4.56. The lowest BCUT2D eigenvalue weighted by Crippen LogP contribution is -2.39. The van der Waals surface area contributed by atoms with Crippen molar-refractivity contribution >= 4 is 11.6 Å². The average molecular weight is 323 g/mol.